The van der Waals surface area contributed by atoms with E-state index in [-0.39, 0.29) is 5.91 Å². The van der Waals surface area contributed by atoms with Crippen LogP contribution in [0.1, 0.15) is 39.2 Å². The number of pyridine rings is 1. The molecule has 0 spiro atoms. The quantitative estimate of drug-likeness (QED) is 0.779. The predicted molar refractivity (Wildman–Crippen MR) is 117 cm³/mol. The van der Waals surface area contributed by atoms with Crippen LogP contribution in [0.5, 0.6) is 5.75 Å². The molecule has 6 nitrogen and oxygen atoms in total. The fourth-order valence-corrected chi connectivity index (χ4v) is 3.58. The molecule has 0 bridgehead atoms. The van der Waals surface area contributed by atoms with Gasteiger partial charge in [0.2, 0.25) is 0 Å². The van der Waals surface area contributed by atoms with Crippen LogP contribution in [0.3, 0.4) is 0 Å². The van der Waals surface area contributed by atoms with Gasteiger partial charge in [0, 0.05) is 44.8 Å². The molecule has 1 aromatic carbocycles. The zero-order valence-corrected chi connectivity index (χ0v) is 17.7. The number of carbonyl (C=O) groups is 1. The number of allylic oxidation sites excluding steroid dienone is 1. The van der Waals surface area contributed by atoms with Gasteiger partial charge in [0.1, 0.15) is 0 Å². The molecule has 29 heavy (non-hydrogen) atoms. The van der Waals surface area contributed by atoms with Crippen molar-refractivity contribution in [2.45, 2.75) is 19.8 Å². The van der Waals surface area contributed by atoms with E-state index < -0.39 is 0 Å². The summed E-state index contributed by atoms with van der Waals surface area (Å²) in [4.78, 5) is 23.0. The van der Waals surface area contributed by atoms with Crippen molar-refractivity contribution in [2.75, 3.05) is 27.2 Å². The van der Waals surface area contributed by atoms with Crippen LogP contribution >= 0.6 is 11.6 Å². The summed E-state index contributed by atoms with van der Waals surface area (Å²) in [6.45, 7) is 3.14. The molecule has 1 aromatic heterocycles. The van der Waals surface area contributed by atoms with Gasteiger partial charge in [-0.25, -0.2) is 0 Å². The summed E-state index contributed by atoms with van der Waals surface area (Å²) in [5, 5.41) is 0.498. The number of aromatic nitrogens is 1. The third-order valence-corrected chi connectivity index (χ3v) is 5.45. The predicted octanol–water partition coefficient (Wildman–Crippen LogP) is 3.49. The minimum atomic E-state index is -0.0760. The molecule has 2 N–H and O–H groups in total. The Balaban J connectivity index is 1.95. The fourth-order valence-electron chi connectivity index (χ4n) is 3.30. The van der Waals surface area contributed by atoms with Gasteiger partial charge >= 0.3 is 0 Å². The average molecular weight is 413 g/mol. The minimum Gasteiger partial charge on any atom is -0.491 e. The molecule has 7 heteroatoms. The summed E-state index contributed by atoms with van der Waals surface area (Å²) in [5.41, 5.74) is 10.5. The summed E-state index contributed by atoms with van der Waals surface area (Å²) in [6, 6.07) is 5.79. The first kappa shape index (κ1) is 20.9. The molecule has 1 aliphatic rings. The van der Waals surface area contributed by atoms with Crippen LogP contribution in [-0.4, -0.2) is 49.3 Å². The number of rotatable bonds is 4. The van der Waals surface area contributed by atoms with Gasteiger partial charge in [-0.05, 0) is 48.6 Å². The summed E-state index contributed by atoms with van der Waals surface area (Å²) < 4.78 is 5.82. The SMILES string of the molecule is CN=C/C(=C\N)c1ccc(Cc2cc3c(c(Cl)c2C)OCCCN(C)C3=O)cn1. The van der Waals surface area contributed by atoms with Crippen LogP contribution < -0.4 is 10.5 Å². The lowest BCUT2D eigenvalue weighted by molar-refractivity contribution is 0.0768. The summed E-state index contributed by atoms with van der Waals surface area (Å²) >= 11 is 6.59. The van der Waals surface area contributed by atoms with Crippen molar-refractivity contribution in [1.82, 2.24) is 9.88 Å². The number of ether oxygens (including phenoxy) is 1. The Hall–Kier alpha value is -2.86. The minimum absolute atomic E-state index is 0.0760. The molecule has 0 atom stereocenters. The number of halogens is 1. The highest BCUT2D eigenvalue weighted by Crippen LogP contribution is 2.36. The number of nitrogens with zero attached hydrogens (tertiary/aromatic N) is 3. The van der Waals surface area contributed by atoms with E-state index in [1.54, 1.807) is 31.4 Å². The van der Waals surface area contributed by atoms with E-state index in [1.165, 1.54) is 6.20 Å². The second-order valence-electron chi connectivity index (χ2n) is 7.02. The highest BCUT2D eigenvalue weighted by atomic mass is 35.5. The highest BCUT2D eigenvalue weighted by molar-refractivity contribution is 6.33. The fraction of sp³-hybridized carbons (Fsp3) is 0.318. The number of hydrogen-bond donors (Lipinski definition) is 1. The Labute approximate surface area is 176 Å². The molecule has 3 rings (SSSR count). The van der Waals surface area contributed by atoms with Crippen LogP contribution in [-0.2, 0) is 6.42 Å². The molecule has 1 aliphatic heterocycles. The van der Waals surface area contributed by atoms with Gasteiger partial charge < -0.3 is 15.4 Å². The molecular weight excluding hydrogens is 388 g/mol. The molecule has 0 saturated carbocycles. The zero-order valence-electron chi connectivity index (χ0n) is 16.9. The van der Waals surface area contributed by atoms with Gasteiger partial charge in [-0.3, -0.25) is 14.8 Å². The van der Waals surface area contributed by atoms with Gasteiger partial charge in [0.15, 0.2) is 5.75 Å². The summed E-state index contributed by atoms with van der Waals surface area (Å²) in [5.74, 6) is 0.405. The maximum Gasteiger partial charge on any atom is 0.257 e. The largest absolute Gasteiger partial charge is 0.491 e. The van der Waals surface area contributed by atoms with Gasteiger partial charge in [0.05, 0.1) is 22.9 Å². The molecule has 0 aliphatic carbocycles. The highest BCUT2D eigenvalue weighted by Gasteiger charge is 2.24. The third-order valence-electron chi connectivity index (χ3n) is 5.00. The molecule has 0 unspecified atom stereocenters. The molecule has 2 heterocycles. The van der Waals surface area contributed by atoms with Crippen LogP contribution in [0.15, 0.2) is 35.6 Å². The van der Waals surface area contributed by atoms with Crippen LogP contribution in [0.4, 0.5) is 0 Å². The summed E-state index contributed by atoms with van der Waals surface area (Å²) in [7, 11) is 3.49. The van der Waals surface area contributed by atoms with E-state index in [9.17, 15) is 4.79 Å². The number of aliphatic imine (C=N–C) groups is 1. The van der Waals surface area contributed by atoms with Crippen molar-refractivity contribution in [3.63, 3.8) is 0 Å². The Morgan fingerprint density at radius 2 is 2.24 bits per heavy atom. The monoisotopic (exact) mass is 412 g/mol. The molecular formula is C22H25ClN4O2. The Kier molecular flexibility index (Phi) is 6.54. The third kappa shape index (κ3) is 4.43. The molecule has 0 saturated heterocycles. The van der Waals surface area contributed by atoms with E-state index in [4.69, 9.17) is 22.1 Å². The first-order valence-electron chi connectivity index (χ1n) is 9.45. The van der Waals surface area contributed by atoms with Crippen LogP contribution in [0, 0.1) is 6.92 Å². The van der Waals surface area contributed by atoms with E-state index in [0.717, 1.165) is 34.4 Å². The van der Waals surface area contributed by atoms with Crippen molar-refractivity contribution < 1.29 is 9.53 Å². The number of amides is 1. The van der Waals surface area contributed by atoms with Gasteiger partial charge in [0.25, 0.3) is 5.91 Å². The number of benzene rings is 1. The Bertz CT molecular complexity index is 968. The van der Waals surface area contributed by atoms with E-state index in [0.29, 0.717) is 35.9 Å². The van der Waals surface area contributed by atoms with Crippen molar-refractivity contribution in [3.05, 3.63) is 63.6 Å². The number of fused-ring (bicyclic) bond motifs is 1. The van der Waals surface area contributed by atoms with Crippen molar-refractivity contribution in [1.29, 1.82) is 0 Å². The average Bonchev–Trinajstić information content (AvgIpc) is 2.73. The first-order chi connectivity index (χ1) is 14.0. The lowest BCUT2D eigenvalue weighted by Gasteiger charge is -2.25. The van der Waals surface area contributed by atoms with Crippen molar-refractivity contribution in [2.24, 2.45) is 10.7 Å². The second-order valence-corrected chi connectivity index (χ2v) is 7.40. The number of hydrogen-bond acceptors (Lipinski definition) is 5. The maximum atomic E-state index is 12.8. The molecule has 0 fully saturated rings. The Morgan fingerprint density at radius 1 is 1.45 bits per heavy atom. The van der Waals surface area contributed by atoms with Gasteiger partial charge in [-0.15, -0.1) is 0 Å². The molecule has 2 aromatic rings. The standard InChI is InChI=1S/C22H25ClN4O2/c1-14-16(9-15-5-6-19(26-12-15)17(11-24)13-25-2)10-18-21(20(14)23)29-8-4-7-27(3)22(18)28/h5-6,10-13H,4,7-9,24H2,1-3H3/b17-11+,25-13?. The summed E-state index contributed by atoms with van der Waals surface area (Å²) in [6.07, 6.45) is 6.33. The van der Waals surface area contributed by atoms with Crippen LogP contribution in [0.2, 0.25) is 5.02 Å². The van der Waals surface area contributed by atoms with Crippen molar-refractivity contribution in [3.8, 4) is 5.75 Å². The smallest absolute Gasteiger partial charge is 0.257 e. The van der Waals surface area contributed by atoms with E-state index >= 15 is 0 Å². The van der Waals surface area contributed by atoms with E-state index in [2.05, 4.69) is 9.98 Å². The van der Waals surface area contributed by atoms with Crippen molar-refractivity contribution >= 4 is 29.3 Å². The lowest BCUT2D eigenvalue weighted by Crippen LogP contribution is -2.31. The number of nitrogens with two attached hydrogens (primary N) is 1. The lowest BCUT2D eigenvalue weighted by atomic mass is 9.97. The molecule has 0 radical (unpaired) electrons. The topological polar surface area (TPSA) is 80.8 Å². The zero-order chi connectivity index (χ0) is 21.0. The second kappa shape index (κ2) is 9.09. The molecule has 152 valence electrons. The Morgan fingerprint density at radius 3 is 2.90 bits per heavy atom. The van der Waals surface area contributed by atoms with E-state index in [1.807, 2.05) is 25.1 Å². The van der Waals surface area contributed by atoms with Crippen LogP contribution in [0.25, 0.3) is 5.57 Å². The first-order valence-corrected chi connectivity index (χ1v) is 9.83. The van der Waals surface area contributed by atoms with Gasteiger partial charge in [-0.1, -0.05) is 17.7 Å². The molecule has 1 amide bonds. The number of carbonyl (C=O) groups excluding carboxylic acids is 1. The normalized spacial score (nSPS) is 15.1. The van der Waals surface area contributed by atoms with Gasteiger partial charge in [-0.2, -0.15) is 0 Å². The maximum absolute atomic E-state index is 12.8.